The highest BCUT2D eigenvalue weighted by molar-refractivity contribution is 5.05. The van der Waals surface area contributed by atoms with Crippen molar-refractivity contribution in [2.45, 2.75) is 45.8 Å². The summed E-state index contributed by atoms with van der Waals surface area (Å²) in [6, 6.07) is 0. The number of hydrogen-bond donors (Lipinski definition) is 1. The Labute approximate surface area is 114 Å². The van der Waals surface area contributed by atoms with Crippen LogP contribution < -0.4 is 5.32 Å². The van der Waals surface area contributed by atoms with Gasteiger partial charge in [-0.1, -0.05) is 6.92 Å². The number of tetrazole rings is 1. The molecule has 3 heterocycles. The lowest BCUT2D eigenvalue weighted by Crippen LogP contribution is -2.44. The van der Waals surface area contributed by atoms with E-state index in [0.29, 0.717) is 0 Å². The largest absolute Gasteiger partial charge is 0.316 e. The van der Waals surface area contributed by atoms with Crippen LogP contribution in [0, 0.1) is 11.8 Å². The molecule has 0 bridgehead atoms. The predicted octanol–water partition coefficient (Wildman–Crippen LogP) is 0.513. The average Bonchev–Trinajstić information content (AvgIpc) is 3.02. The van der Waals surface area contributed by atoms with Crippen LogP contribution in [0.25, 0.3) is 0 Å². The van der Waals surface area contributed by atoms with Crippen LogP contribution in [-0.4, -0.2) is 50.3 Å². The van der Waals surface area contributed by atoms with Gasteiger partial charge in [0, 0.05) is 25.2 Å². The van der Waals surface area contributed by atoms with Crippen LogP contribution in [0.3, 0.4) is 0 Å². The summed E-state index contributed by atoms with van der Waals surface area (Å²) in [6.07, 6.45) is 1.07. The quantitative estimate of drug-likeness (QED) is 0.859. The van der Waals surface area contributed by atoms with E-state index in [1.807, 2.05) is 4.68 Å². The van der Waals surface area contributed by atoms with Crippen molar-refractivity contribution in [1.82, 2.24) is 30.4 Å². The van der Waals surface area contributed by atoms with Gasteiger partial charge in [-0.3, -0.25) is 4.90 Å². The Balaban J connectivity index is 1.75. The summed E-state index contributed by atoms with van der Waals surface area (Å²) < 4.78 is 1.95. The second kappa shape index (κ2) is 4.83. The Morgan fingerprint density at radius 3 is 2.95 bits per heavy atom. The molecule has 2 unspecified atom stereocenters. The first-order valence-electron chi connectivity index (χ1n) is 7.33. The molecule has 1 aromatic rings. The molecule has 2 saturated heterocycles. The van der Waals surface area contributed by atoms with E-state index >= 15 is 0 Å². The Morgan fingerprint density at radius 1 is 1.37 bits per heavy atom. The third-order valence-electron chi connectivity index (χ3n) is 4.89. The molecule has 0 spiro atoms. The van der Waals surface area contributed by atoms with Gasteiger partial charge in [-0.05, 0) is 49.1 Å². The van der Waals surface area contributed by atoms with Crippen LogP contribution in [0.1, 0.15) is 33.0 Å². The number of aryl methyl sites for hydroxylation is 1. The number of aromatic nitrogens is 4. The number of fused-ring (bicyclic) bond motifs is 1. The maximum absolute atomic E-state index is 4.20. The van der Waals surface area contributed by atoms with Gasteiger partial charge in [0.2, 0.25) is 0 Å². The van der Waals surface area contributed by atoms with E-state index < -0.39 is 0 Å². The predicted molar refractivity (Wildman–Crippen MR) is 72.4 cm³/mol. The maximum Gasteiger partial charge on any atom is 0.165 e. The van der Waals surface area contributed by atoms with Gasteiger partial charge in [-0.25, -0.2) is 4.68 Å². The van der Waals surface area contributed by atoms with E-state index in [-0.39, 0.29) is 5.54 Å². The van der Waals surface area contributed by atoms with Gasteiger partial charge < -0.3 is 5.32 Å². The summed E-state index contributed by atoms with van der Waals surface area (Å²) in [7, 11) is 0. The number of hydrogen-bond acceptors (Lipinski definition) is 5. The van der Waals surface area contributed by atoms with Gasteiger partial charge in [-0.2, -0.15) is 0 Å². The molecule has 1 aromatic heterocycles. The fourth-order valence-corrected chi connectivity index (χ4v) is 3.67. The molecule has 19 heavy (non-hydrogen) atoms. The lowest BCUT2D eigenvalue weighted by Gasteiger charge is -2.35. The highest BCUT2D eigenvalue weighted by Crippen LogP contribution is 2.41. The lowest BCUT2D eigenvalue weighted by molar-refractivity contribution is 0.126. The van der Waals surface area contributed by atoms with Gasteiger partial charge in [0.05, 0.1) is 6.54 Å². The molecule has 2 aliphatic heterocycles. The zero-order valence-corrected chi connectivity index (χ0v) is 12.1. The molecule has 2 fully saturated rings. The van der Waals surface area contributed by atoms with Crippen molar-refractivity contribution in [2.24, 2.45) is 11.8 Å². The molecule has 0 amide bonds. The minimum absolute atomic E-state index is 0.233. The van der Waals surface area contributed by atoms with Gasteiger partial charge in [-0.15, -0.1) is 5.10 Å². The molecule has 6 heteroatoms. The SMILES string of the molecule is CCCn1nnnc1CN1CC2CNCC2C1(C)C. The van der Waals surface area contributed by atoms with Crippen LogP contribution in [0.15, 0.2) is 0 Å². The molecule has 2 aliphatic rings. The molecule has 0 aromatic carbocycles. The molecule has 6 nitrogen and oxygen atoms in total. The zero-order chi connectivity index (χ0) is 13.5. The van der Waals surface area contributed by atoms with Crippen molar-refractivity contribution >= 4 is 0 Å². The minimum Gasteiger partial charge on any atom is -0.316 e. The van der Waals surface area contributed by atoms with Gasteiger partial charge >= 0.3 is 0 Å². The molecule has 0 radical (unpaired) electrons. The summed E-state index contributed by atoms with van der Waals surface area (Å²) in [5.41, 5.74) is 0.233. The average molecular weight is 264 g/mol. The second-order valence-corrected chi connectivity index (χ2v) is 6.38. The highest BCUT2D eigenvalue weighted by Gasteiger charge is 2.49. The van der Waals surface area contributed by atoms with E-state index in [1.54, 1.807) is 0 Å². The minimum atomic E-state index is 0.233. The Hall–Kier alpha value is -1.01. The van der Waals surface area contributed by atoms with Crippen molar-refractivity contribution in [3.8, 4) is 0 Å². The molecule has 1 N–H and O–H groups in total. The van der Waals surface area contributed by atoms with E-state index in [2.05, 4.69) is 46.5 Å². The van der Waals surface area contributed by atoms with Gasteiger partial charge in [0.15, 0.2) is 5.82 Å². The van der Waals surface area contributed by atoms with Crippen LogP contribution in [0.5, 0.6) is 0 Å². The van der Waals surface area contributed by atoms with Crippen molar-refractivity contribution in [3.63, 3.8) is 0 Å². The van der Waals surface area contributed by atoms with Crippen LogP contribution in [-0.2, 0) is 13.1 Å². The Morgan fingerprint density at radius 2 is 2.21 bits per heavy atom. The van der Waals surface area contributed by atoms with E-state index in [0.717, 1.165) is 56.8 Å². The summed E-state index contributed by atoms with van der Waals surface area (Å²) in [5.74, 6) is 2.54. The maximum atomic E-state index is 4.20. The normalized spacial score (nSPS) is 29.8. The summed E-state index contributed by atoms with van der Waals surface area (Å²) in [4.78, 5) is 2.56. The first kappa shape index (κ1) is 13.0. The second-order valence-electron chi connectivity index (χ2n) is 6.38. The fraction of sp³-hybridized carbons (Fsp3) is 0.923. The number of likely N-dealkylation sites (tertiary alicyclic amines) is 1. The van der Waals surface area contributed by atoms with E-state index in [9.17, 15) is 0 Å². The molecule has 0 aliphatic carbocycles. The van der Waals surface area contributed by atoms with Gasteiger partial charge in [0.25, 0.3) is 0 Å². The lowest BCUT2D eigenvalue weighted by atomic mass is 9.85. The van der Waals surface area contributed by atoms with Gasteiger partial charge in [0.1, 0.15) is 0 Å². The number of nitrogens with zero attached hydrogens (tertiary/aromatic N) is 5. The third kappa shape index (κ3) is 2.17. The van der Waals surface area contributed by atoms with Crippen LogP contribution >= 0.6 is 0 Å². The first-order chi connectivity index (χ1) is 9.13. The molecule has 106 valence electrons. The Bertz CT molecular complexity index is 440. The molecular formula is C13H24N6. The van der Waals surface area contributed by atoms with Crippen molar-refractivity contribution in [3.05, 3.63) is 5.82 Å². The third-order valence-corrected chi connectivity index (χ3v) is 4.89. The summed E-state index contributed by atoms with van der Waals surface area (Å²) in [5, 5.41) is 15.6. The highest BCUT2D eigenvalue weighted by atomic mass is 15.5. The number of nitrogens with one attached hydrogen (secondary N) is 1. The van der Waals surface area contributed by atoms with Crippen LogP contribution in [0.4, 0.5) is 0 Å². The zero-order valence-electron chi connectivity index (χ0n) is 12.1. The van der Waals surface area contributed by atoms with Crippen molar-refractivity contribution < 1.29 is 0 Å². The fourth-order valence-electron chi connectivity index (χ4n) is 3.67. The Kier molecular flexibility index (Phi) is 3.30. The van der Waals surface area contributed by atoms with Crippen molar-refractivity contribution in [2.75, 3.05) is 19.6 Å². The molecule has 0 saturated carbocycles. The topological polar surface area (TPSA) is 58.9 Å². The summed E-state index contributed by atoms with van der Waals surface area (Å²) in [6.45, 7) is 12.1. The summed E-state index contributed by atoms with van der Waals surface area (Å²) >= 11 is 0. The molecular weight excluding hydrogens is 240 g/mol. The van der Waals surface area contributed by atoms with Crippen LogP contribution in [0.2, 0.25) is 0 Å². The molecule has 2 atom stereocenters. The number of rotatable bonds is 4. The standard InChI is InChI=1S/C13H24N6/c1-4-5-19-12(15-16-17-19)9-18-8-10-6-14-7-11(10)13(18,2)3/h10-11,14H,4-9H2,1-3H3. The smallest absolute Gasteiger partial charge is 0.165 e. The monoisotopic (exact) mass is 264 g/mol. The van der Waals surface area contributed by atoms with E-state index in [1.165, 1.54) is 0 Å². The molecule has 3 rings (SSSR count). The van der Waals surface area contributed by atoms with Crippen molar-refractivity contribution in [1.29, 1.82) is 0 Å². The first-order valence-corrected chi connectivity index (χ1v) is 7.33. The van der Waals surface area contributed by atoms with E-state index in [4.69, 9.17) is 0 Å².